The molecule has 2 aromatic carbocycles. The van der Waals surface area contributed by atoms with Gasteiger partial charge in [0, 0.05) is 38.1 Å². The van der Waals surface area contributed by atoms with E-state index in [4.69, 9.17) is 9.47 Å². The number of aromatic nitrogens is 2. The maximum Gasteiger partial charge on any atom is 0.406 e. The van der Waals surface area contributed by atoms with E-state index in [-0.39, 0.29) is 12.5 Å². The van der Waals surface area contributed by atoms with Crippen LogP contribution >= 0.6 is 11.8 Å². The van der Waals surface area contributed by atoms with Crippen LogP contribution in [0.3, 0.4) is 0 Å². The average Bonchev–Trinajstić information content (AvgIpc) is 3.02. The number of rotatable bonds is 7. The lowest BCUT2D eigenvalue weighted by Gasteiger charge is -2.23. The zero-order valence-corrected chi connectivity index (χ0v) is 20.6. The van der Waals surface area contributed by atoms with Crippen molar-refractivity contribution in [2.24, 2.45) is 0 Å². The number of nitrogens with zero attached hydrogens (tertiary/aromatic N) is 4. The fourth-order valence-electron chi connectivity index (χ4n) is 3.78. The van der Waals surface area contributed by atoms with Gasteiger partial charge < -0.3 is 24.6 Å². The Hall–Kier alpha value is -3.79. The summed E-state index contributed by atoms with van der Waals surface area (Å²) in [5.41, 5.74) is 2.06. The third-order valence-electron chi connectivity index (χ3n) is 5.62. The lowest BCUT2D eigenvalue weighted by molar-refractivity contribution is 0.0989. The third kappa shape index (κ3) is 5.65. The van der Waals surface area contributed by atoms with E-state index in [1.807, 2.05) is 72.8 Å². The highest BCUT2D eigenvalue weighted by molar-refractivity contribution is 7.98. The summed E-state index contributed by atoms with van der Waals surface area (Å²) in [6.07, 6.45) is 2.51. The summed E-state index contributed by atoms with van der Waals surface area (Å²) in [5, 5.41) is 3.32. The zero-order chi connectivity index (χ0) is 24.8. The van der Waals surface area contributed by atoms with E-state index >= 15 is 0 Å². The van der Waals surface area contributed by atoms with Crippen molar-refractivity contribution in [3.63, 3.8) is 0 Å². The number of anilines is 2. The molecule has 35 heavy (non-hydrogen) atoms. The topological polar surface area (TPSA) is 96.9 Å². The number of likely N-dealkylation sites (N-methyl/N-ethyl adjacent to an activating group) is 1. The van der Waals surface area contributed by atoms with Crippen molar-refractivity contribution in [3.8, 4) is 5.75 Å². The second-order valence-electron chi connectivity index (χ2n) is 7.86. The third-order valence-corrected chi connectivity index (χ3v) is 6.18. The predicted molar refractivity (Wildman–Crippen MR) is 135 cm³/mol. The Balaban J connectivity index is 1.59. The number of thioether (sulfide) groups is 1. The molecular weight excluding hydrogens is 466 g/mol. The van der Waals surface area contributed by atoms with E-state index in [1.54, 1.807) is 11.1 Å². The van der Waals surface area contributed by atoms with Crippen LogP contribution in [0.2, 0.25) is 0 Å². The van der Waals surface area contributed by atoms with Gasteiger partial charge in [-0.15, -0.1) is 0 Å². The molecule has 3 aromatic rings. The van der Waals surface area contributed by atoms with Gasteiger partial charge in [-0.3, -0.25) is 4.79 Å². The summed E-state index contributed by atoms with van der Waals surface area (Å²) in [6, 6.07) is 17.0. The first-order valence-corrected chi connectivity index (χ1v) is 12.3. The van der Waals surface area contributed by atoms with Gasteiger partial charge in [-0.05, 0) is 24.0 Å². The van der Waals surface area contributed by atoms with Gasteiger partial charge in [-0.25, -0.2) is 14.8 Å². The van der Waals surface area contributed by atoms with E-state index in [1.165, 1.54) is 18.9 Å². The zero-order valence-electron chi connectivity index (χ0n) is 19.8. The quantitative estimate of drug-likeness (QED) is 0.393. The Morgan fingerprint density at radius 1 is 1.17 bits per heavy atom. The van der Waals surface area contributed by atoms with E-state index < -0.39 is 12.2 Å². The number of alkyl carbamates (subject to hydrolysis) is 1. The summed E-state index contributed by atoms with van der Waals surface area (Å²) in [7, 11) is 3.24. The molecule has 0 fully saturated rings. The van der Waals surface area contributed by atoms with Gasteiger partial charge in [0.05, 0.1) is 13.7 Å². The minimum Gasteiger partial charge on any atom is -0.484 e. The van der Waals surface area contributed by atoms with Crippen LogP contribution in [0.4, 0.5) is 16.3 Å². The fourth-order valence-corrected chi connectivity index (χ4v) is 4.11. The van der Waals surface area contributed by atoms with Gasteiger partial charge in [0.25, 0.3) is 5.91 Å². The van der Waals surface area contributed by atoms with Crippen molar-refractivity contribution >= 4 is 35.3 Å². The normalized spacial score (nSPS) is 14.1. The second-order valence-corrected chi connectivity index (χ2v) is 8.63. The van der Waals surface area contributed by atoms with Gasteiger partial charge in [0.2, 0.25) is 0 Å². The van der Waals surface area contributed by atoms with Crippen molar-refractivity contribution in [3.05, 3.63) is 71.9 Å². The molecule has 1 aliphatic rings. The molecule has 10 heteroatoms. The Labute approximate surface area is 208 Å². The highest BCUT2D eigenvalue weighted by atomic mass is 32.2. The molecule has 0 aliphatic carbocycles. The molecule has 2 amide bonds. The van der Waals surface area contributed by atoms with Crippen LogP contribution in [0.25, 0.3) is 0 Å². The van der Waals surface area contributed by atoms with Gasteiger partial charge in [-0.2, -0.15) is 0 Å². The highest BCUT2D eigenvalue weighted by Gasteiger charge is 2.28. The molecule has 0 saturated carbocycles. The first kappa shape index (κ1) is 24.3. The number of nitrogens with one attached hydrogen (secondary N) is 1. The molecule has 182 valence electrons. The van der Waals surface area contributed by atoms with E-state index in [9.17, 15) is 9.59 Å². The Morgan fingerprint density at radius 2 is 1.97 bits per heavy atom. The van der Waals surface area contributed by atoms with Crippen molar-refractivity contribution in [1.82, 2.24) is 15.3 Å². The average molecular weight is 494 g/mol. The van der Waals surface area contributed by atoms with Crippen LogP contribution < -0.4 is 19.9 Å². The van der Waals surface area contributed by atoms with Crippen molar-refractivity contribution in [1.29, 1.82) is 0 Å². The molecule has 0 bridgehead atoms. The number of amides is 2. The Bertz CT molecular complexity index is 1190. The van der Waals surface area contributed by atoms with Gasteiger partial charge in [0.15, 0.2) is 5.16 Å². The van der Waals surface area contributed by atoms with Crippen molar-refractivity contribution < 1.29 is 19.1 Å². The van der Waals surface area contributed by atoms with Crippen LogP contribution in [0.1, 0.15) is 22.0 Å². The minimum absolute atomic E-state index is 0.166. The molecule has 2 heterocycles. The van der Waals surface area contributed by atoms with Gasteiger partial charge in [0.1, 0.15) is 23.2 Å². The minimum atomic E-state index is -0.534. The number of methoxy groups -OCH3 is 1. The molecule has 0 saturated heterocycles. The predicted octanol–water partition coefficient (Wildman–Crippen LogP) is 3.77. The molecule has 9 nitrogen and oxygen atoms in total. The summed E-state index contributed by atoms with van der Waals surface area (Å²) in [6.45, 7) is 1.32. The SMILES string of the molecule is COC(=O)NCC(Oc1cccc(N2CCN(C)c3nc(SC)ncc3C2=O)c1)c1ccccc1. The van der Waals surface area contributed by atoms with Crippen LogP contribution in [-0.2, 0) is 4.74 Å². The molecule has 1 aromatic heterocycles. The molecule has 0 radical (unpaired) electrons. The van der Waals surface area contributed by atoms with Gasteiger partial charge in [-0.1, -0.05) is 48.2 Å². The van der Waals surface area contributed by atoms with Crippen LogP contribution in [-0.4, -0.2) is 62.0 Å². The standard InChI is InChI=1S/C25H27N5O4S/c1-29-12-13-30(23(31)20-15-26-24(35-3)28-22(20)29)18-10-7-11-19(14-18)34-21(16-27-25(32)33-2)17-8-5-4-6-9-17/h4-11,14-15,21H,12-13,16H2,1-3H3,(H,27,32). The summed E-state index contributed by atoms with van der Waals surface area (Å²) < 4.78 is 11.0. The summed E-state index contributed by atoms with van der Waals surface area (Å²) in [5.74, 6) is 1.03. The summed E-state index contributed by atoms with van der Waals surface area (Å²) in [4.78, 5) is 37.6. The van der Waals surface area contributed by atoms with Crippen LogP contribution in [0.5, 0.6) is 5.75 Å². The lowest BCUT2D eigenvalue weighted by Crippen LogP contribution is -2.33. The van der Waals surface area contributed by atoms with E-state index in [2.05, 4.69) is 15.3 Å². The first-order chi connectivity index (χ1) is 17.0. The highest BCUT2D eigenvalue weighted by Crippen LogP contribution is 2.30. The number of hydrogen-bond donors (Lipinski definition) is 1. The number of fused-ring (bicyclic) bond motifs is 1. The van der Waals surface area contributed by atoms with Crippen LogP contribution in [0.15, 0.2) is 66.0 Å². The van der Waals surface area contributed by atoms with Gasteiger partial charge >= 0.3 is 6.09 Å². The smallest absolute Gasteiger partial charge is 0.406 e. The second kappa shape index (κ2) is 11.1. The number of hydrogen-bond acceptors (Lipinski definition) is 8. The molecule has 1 unspecified atom stereocenters. The van der Waals surface area contributed by atoms with Crippen LogP contribution in [0, 0.1) is 0 Å². The summed E-state index contributed by atoms with van der Waals surface area (Å²) >= 11 is 1.44. The number of carbonyl (C=O) groups excluding carboxylic acids is 2. The molecular formula is C25H27N5O4S. The van der Waals surface area contributed by atoms with E-state index in [0.29, 0.717) is 41.1 Å². The molecule has 1 aliphatic heterocycles. The number of carbonyl (C=O) groups is 2. The first-order valence-electron chi connectivity index (χ1n) is 11.1. The molecule has 0 spiro atoms. The molecule has 4 rings (SSSR count). The van der Waals surface area contributed by atoms with Crippen molar-refractivity contribution in [2.45, 2.75) is 11.3 Å². The Morgan fingerprint density at radius 3 is 2.71 bits per heavy atom. The largest absolute Gasteiger partial charge is 0.484 e. The molecule has 1 atom stereocenters. The molecule has 1 N–H and O–H groups in total. The lowest BCUT2D eigenvalue weighted by atomic mass is 10.1. The number of benzene rings is 2. The van der Waals surface area contributed by atoms with E-state index in [0.717, 1.165) is 5.56 Å². The maximum absolute atomic E-state index is 13.5. The Kier molecular flexibility index (Phi) is 7.71. The monoisotopic (exact) mass is 493 g/mol. The maximum atomic E-state index is 13.5. The fraction of sp³-hybridized carbons (Fsp3) is 0.280. The number of ether oxygens (including phenoxy) is 2. The van der Waals surface area contributed by atoms with Crippen molar-refractivity contribution in [2.75, 3.05) is 49.8 Å².